The Bertz CT molecular complexity index is 1260. The molecule has 5 rings (SSSR count). The normalized spacial score (nSPS) is 16.2. The Balaban J connectivity index is 1.61. The van der Waals surface area contributed by atoms with Gasteiger partial charge >= 0.3 is 5.63 Å². The van der Waals surface area contributed by atoms with Crippen molar-refractivity contribution < 1.29 is 4.42 Å². The summed E-state index contributed by atoms with van der Waals surface area (Å²) in [4.78, 5) is 12.7. The molecule has 4 nitrogen and oxygen atoms in total. The van der Waals surface area contributed by atoms with Crippen LogP contribution in [-0.2, 0) is 0 Å². The first-order chi connectivity index (χ1) is 14.2. The minimum absolute atomic E-state index is 0.0267. The topological polar surface area (TPSA) is 45.8 Å². The molecule has 4 heteroatoms. The molecule has 1 aliphatic rings. The summed E-state index contributed by atoms with van der Waals surface area (Å²) < 4.78 is 5.55. The first-order valence-corrected chi connectivity index (χ1v) is 9.71. The van der Waals surface area contributed by atoms with Gasteiger partial charge in [0.2, 0.25) is 0 Å². The van der Waals surface area contributed by atoms with Crippen LogP contribution in [0.25, 0.3) is 11.0 Å². The van der Waals surface area contributed by atoms with E-state index in [9.17, 15) is 4.79 Å². The van der Waals surface area contributed by atoms with E-state index >= 15 is 0 Å². The standard InChI is InChI=1S/C25H20N2O2/c1-17-11-13-18(14-12-17)23-16-22(26-27(23)20-8-3-2-4-9-20)21-15-19-7-5-6-10-24(19)29-25(21)28/h2-15,23H,16H2,1H3/t23-/m1/s1. The molecule has 0 amide bonds. The van der Waals surface area contributed by atoms with Gasteiger partial charge in [-0.05, 0) is 36.8 Å². The number of hydrazone groups is 1. The third kappa shape index (κ3) is 3.23. The predicted octanol–water partition coefficient (Wildman–Crippen LogP) is 5.46. The van der Waals surface area contributed by atoms with Crippen molar-refractivity contribution >= 4 is 22.4 Å². The van der Waals surface area contributed by atoms with Gasteiger partial charge in [0.05, 0.1) is 23.0 Å². The molecular weight excluding hydrogens is 360 g/mol. The van der Waals surface area contributed by atoms with Crippen molar-refractivity contribution in [3.63, 3.8) is 0 Å². The fraction of sp³-hybridized carbons (Fsp3) is 0.120. The van der Waals surface area contributed by atoms with Crippen LogP contribution in [0.4, 0.5) is 5.69 Å². The van der Waals surface area contributed by atoms with Gasteiger partial charge in [-0.3, -0.25) is 5.01 Å². The van der Waals surface area contributed by atoms with Crippen LogP contribution in [0.3, 0.4) is 0 Å². The van der Waals surface area contributed by atoms with Gasteiger partial charge < -0.3 is 4.42 Å². The van der Waals surface area contributed by atoms with Gasteiger partial charge in [-0.2, -0.15) is 5.10 Å². The number of aryl methyl sites for hydroxylation is 1. The monoisotopic (exact) mass is 380 g/mol. The first kappa shape index (κ1) is 17.4. The van der Waals surface area contributed by atoms with Crippen LogP contribution in [0.5, 0.6) is 0 Å². The molecule has 0 fully saturated rings. The van der Waals surface area contributed by atoms with E-state index in [4.69, 9.17) is 9.52 Å². The number of hydrogen-bond donors (Lipinski definition) is 0. The maximum atomic E-state index is 12.7. The van der Waals surface area contributed by atoms with Crippen LogP contribution < -0.4 is 10.6 Å². The molecule has 1 atom stereocenters. The Labute approximate surface area is 168 Å². The Hall–Kier alpha value is -3.66. The van der Waals surface area contributed by atoms with Crippen molar-refractivity contribution in [3.05, 3.63) is 112 Å². The van der Waals surface area contributed by atoms with Crippen molar-refractivity contribution in [2.45, 2.75) is 19.4 Å². The SMILES string of the molecule is Cc1ccc([C@H]2CC(c3cc4ccccc4oc3=O)=NN2c2ccccc2)cc1. The second-order valence-electron chi connectivity index (χ2n) is 7.34. The molecule has 0 N–H and O–H groups in total. The smallest absolute Gasteiger partial charge is 0.345 e. The number of rotatable bonds is 3. The minimum Gasteiger partial charge on any atom is -0.422 e. The highest BCUT2D eigenvalue weighted by molar-refractivity contribution is 6.04. The molecule has 0 unspecified atom stereocenters. The molecule has 1 aromatic heterocycles. The number of hydrogen-bond acceptors (Lipinski definition) is 4. The number of benzene rings is 3. The molecule has 0 saturated carbocycles. The molecule has 0 spiro atoms. The van der Waals surface area contributed by atoms with Gasteiger partial charge in [0.1, 0.15) is 5.58 Å². The van der Waals surface area contributed by atoms with E-state index in [0.29, 0.717) is 17.6 Å². The van der Waals surface area contributed by atoms with E-state index in [1.54, 1.807) is 0 Å². The van der Waals surface area contributed by atoms with Crippen molar-refractivity contribution in [2.24, 2.45) is 5.10 Å². The van der Waals surface area contributed by atoms with Crippen LogP contribution in [0.2, 0.25) is 0 Å². The summed E-state index contributed by atoms with van der Waals surface area (Å²) in [6.07, 6.45) is 0.640. The van der Waals surface area contributed by atoms with Crippen molar-refractivity contribution in [3.8, 4) is 0 Å². The van der Waals surface area contributed by atoms with Crippen LogP contribution in [-0.4, -0.2) is 5.71 Å². The molecule has 29 heavy (non-hydrogen) atoms. The number of fused-ring (bicyclic) bond motifs is 1. The van der Waals surface area contributed by atoms with Gasteiger partial charge in [0.25, 0.3) is 0 Å². The van der Waals surface area contributed by atoms with E-state index in [2.05, 4.69) is 31.2 Å². The summed E-state index contributed by atoms with van der Waals surface area (Å²) in [6, 6.07) is 28.0. The van der Waals surface area contributed by atoms with Crippen LogP contribution >= 0.6 is 0 Å². The molecule has 3 aromatic carbocycles. The highest BCUT2D eigenvalue weighted by atomic mass is 16.4. The van der Waals surface area contributed by atoms with E-state index < -0.39 is 0 Å². The van der Waals surface area contributed by atoms with Crippen LogP contribution in [0.15, 0.2) is 99.2 Å². The molecule has 0 aliphatic carbocycles. The number of para-hydroxylation sites is 2. The predicted molar refractivity (Wildman–Crippen MR) is 116 cm³/mol. The zero-order valence-corrected chi connectivity index (χ0v) is 16.1. The highest BCUT2D eigenvalue weighted by Crippen LogP contribution is 2.36. The summed E-state index contributed by atoms with van der Waals surface area (Å²) in [7, 11) is 0. The summed E-state index contributed by atoms with van der Waals surface area (Å²) in [5.41, 5.74) is 4.91. The average Bonchev–Trinajstić information content (AvgIpc) is 3.19. The van der Waals surface area contributed by atoms with Crippen molar-refractivity contribution in [2.75, 3.05) is 5.01 Å². The van der Waals surface area contributed by atoms with E-state index in [-0.39, 0.29) is 11.7 Å². The average molecular weight is 380 g/mol. The molecular formula is C25H20N2O2. The van der Waals surface area contributed by atoms with Crippen LogP contribution in [0, 0.1) is 6.92 Å². The van der Waals surface area contributed by atoms with Gasteiger partial charge in [-0.15, -0.1) is 0 Å². The highest BCUT2D eigenvalue weighted by Gasteiger charge is 2.31. The van der Waals surface area contributed by atoms with Crippen molar-refractivity contribution in [1.29, 1.82) is 0 Å². The summed E-state index contributed by atoms with van der Waals surface area (Å²) in [6.45, 7) is 2.08. The lowest BCUT2D eigenvalue weighted by molar-refractivity contribution is 0.559. The minimum atomic E-state index is -0.347. The molecule has 1 aliphatic heterocycles. The Morgan fingerprint density at radius 1 is 0.931 bits per heavy atom. The third-order valence-corrected chi connectivity index (χ3v) is 5.35. The fourth-order valence-electron chi connectivity index (χ4n) is 3.80. The molecule has 0 bridgehead atoms. The lowest BCUT2D eigenvalue weighted by atomic mass is 9.97. The van der Waals surface area contributed by atoms with E-state index in [1.807, 2.05) is 65.7 Å². The first-order valence-electron chi connectivity index (χ1n) is 9.71. The largest absolute Gasteiger partial charge is 0.422 e. The molecule has 142 valence electrons. The van der Waals surface area contributed by atoms with Gasteiger partial charge in [0, 0.05) is 11.8 Å². The quantitative estimate of drug-likeness (QED) is 0.444. The number of anilines is 1. The second kappa shape index (κ2) is 7.06. The lowest BCUT2D eigenvalue weighted by Gasteiger charge is -2.24. The number of nitrogens with zero attached hydrogens (tertiary/aromatic N) is 2. The maximum Gasteiger partial charge on any atom is 0.345 e. The summed E-state index contributed by atoms with van der Waals surface area (Å²) >= 11 is 0. The summed E-state index contributed by atoms with van der Waals surface area (Å²) in [5.74, 6) is 0. The van der Waals surface area contributed by atoms with Gasteiger partial charge in [0.15, 0.2) is 0 Å². The Morgan fingerprint density at radius 2 is 1.66 bits per heavy atom. The van der Waals surface area contributed by atoms with Crippen molar-refractivity contribution in [1.82, 2.24) is 0 Å². The molecule has 2 heterocycles. The Kier molecular flexibility index (Phi) is 4.24. The zero-order valence-electron chi connectivity index (χ0n) is 16.1. The van der Waals surface area contributed by atoms with E-state index in [0.717, 1.165) is 16.8 Å². The third-order valence-electron chi connectivity index (χ3n) is 5.35. The summed E-state index contributed by atoms with van der Waals surface area (Å²) in [5, 5.41) is 7.77. The Morgan fingerprint density at radius 3 is 2.45 bits per heavy atom. The van der Waals surface area contributed by atoms with E-state index in [1.165, 1.54) is 11.1 Å². The fourth-order valence-corrected chi connectivity index (χ4v) is 3.80. The molecule has 0 saturated heterocycles. The lowest BCUT2D eigenvalue weighted by Crippen LogP contribution is -2.18. The zero-order chi connectivity index (χ0) is 19.8. The van der Waals surface area contributed by atoms with Gasteiger partial charge in [-0.1, -0.05) is 66.2 Å². The molecule has 0 radical (unpaired) electrons. The second-order valence-corrected chi connectivity index (χ2v) is 7.34. The molecule has 4 aromatic rings. The maximum absolute atomic E-state index is 12.7. The van der Waals surface area contributed by atoms with Gasteiger partial charge in [-0.25, -0.2) is 4.79 Å². The van der Waals surface area contributed by atoms with Crippen LogP contribution in [0.1, 0.15) is 29.2 Å².